The second kappa shape index (κ2) is 11.0. The zero-order valence-electron chi connectivity index (χ0n) is 17.0. The van der Waals surface area contributed by atoms with Gasteiger partial charge in [0.2, 0.25) is 0 Å². The first-order chi connectivity index (χ1) is 16.2. The van der Waals surface area contributed by atoms with Crippen LogP contribution in [-0.2, 0) is 9.59 Å². The fourth-order valence-electron chi connectivity index (χ4n) is 2.54. The van der Waals surface area contributed by atoms with Crippen molar-refractivity contribution in [2.45, 2.75) is 0 Å². The molecule has 0 aliphatic carbocycles. The van der Waals surface area contributed by atoms with Gasteiger partial charge in [-0.15, -0.1) is 0 Å². The molecule has 2 N–H and O–H groups in total. The number of nitro groups is 1. The largest absolute Gasteiger partial charge is 0.422 e. The van der Waals surface area contributed by atoms with Crippen LogP contribution in [-0.4, -0.2) is 28.9 Å². The van der Waals surface area contributed by atoms with Gasteiger partial charge in [-0.2, -0.15) is 5.10 Å². The molecule has 0 fully saturated rings. The summed E-state index contributed by atoms with van der Waals surface area (Å²) in [5.74, 6) is -2.75. The molecule has 0 saturated heterocycles. The maximum absolute atomic E-state index is 12.4. The van der Waals surface area contributed by atoms with Gasteiger partial charge in [0, 0.05) is 22.7 Å². The summed E-state index contributed by atoms with van der Waals surface area (Å²) in [4.78, 5) is 46.6. The standard InChI is InChI=1S/C22H14Cl2N4O6/c23-15-7-10-17(24)18(11-15)26-20(29)21(30)27-25-12-14-3-1-2-4-19(14)34-22(31)13-5-8-16(9-6-13)28(32)33/h1-12H,(H,26,29)(H,27,30)/b25-12+. The molecule has 0 unspecified atom stereocenters. The first-order valence-electron chi connectivity index (χ1n) is 9.39. The molecule has 3 aromatic carbocycles. The van der Waals surface area contributed by atoms with Crippen LogP contribution < -0.4 is 15.5 Å². The number of benzene rings is 3. The van der Waals surface area contributed by atoms with E-state index in [0.29, 0.717) is 10.6 Å². The summed E-state index contributed by atoms with van der Waals surface area (Å²) in [6.07, 6.45) is 1.18. The second-order valence-electron chi connectivity index (χ2n) is 6.51. The summed E-state index contributed by atoms with van der Waals surface area (Å²) in [5, 5.41) is 17.3. The number of esters is 1. The molecule has 12 heteroatoms. The lowest BCUT2D eigenvalue weighted by molar-refractivity contribution is -0.384. The highest BCUT2D eigenvalue weighted by atomic mass is 35.5. The number of non-ortho nitro benzene ring substituents is 1. The van der Waals surface area contributed by atoms with Crippen molar-refractivity contribution in [2.24, 2.45) is 5.10 Å². The number of para-hydroxylation sites is 1. The van der Waals surface area contributed by atoms with Gasteiger partial charge in [0.1, 0.15) is 5.75 Å². The number of hydrogen-bond donors (Lipinski definition) is 2. The summed E-state index contributed by atoms with van der Waals surface area (Å²) in [6.45, 7) is 0. The maximum Gasteiger partial charge on any atom is 0.343 e. The third-order valence-corrected chi connectivity index (χ3v) is 4.75. The van der Waals surface area contributed by atoms with Crippen LogP contribution in [0.3, 0.4) is 0 Å². The molecule has 10 nitrogen and oxygen atoms in total. The number of hydrazone groups is 1. The van der Waals surface area contributed by atoms with Crippen molar-refractivity contribution >= 4 is 58.6 Å². The molecule has 0 radical (unpaired) electrons. The Kier molecular flexibility index (Phi) is 7.91. The van der Waals surface area contributed by atoms with E-state index in [1.54, 1.807) is 18.2 Å². The number of carbonyl (C=O) groups is 3. The Morgan fingerprint density at radius 1 is 0.971 bits per heavy atom. The highest BCUT2D eigenvalue weighted by Gasteiger charge is 2.16. The first-order valence-corrected chi connectivity index (χ1v) is 10.2. The van der Waals surface area contributed by atoms with Gasteiger partial charge in [0.05, 0.1) is 27.4 Å². The minimum absolute atomic E-state index is 0.0991. The molecule has 3 rings (SSSR count). The van der Waals surface area contributed by atoms with Crippen molar-refractivity contribution in [3.05, 3.63) is 98.0 Å². The van der Waals surface area contributed by atoms with E-state index in [0.717, 1.165) is 0 Å². The molecule has 34 heavy (non-hydrogen) atoms. The highest BCUT2D eigenvalue weighted by molar-refractivity contribution is 6.42. The Morgan fingerprint density at radius 2 is 1.68 bits per heavy atom. The topological polar surface area (TPSA) is 140 Å². The molecule has 0 atom stereocenters. The van der Waals surface area contributed by atoms with Crippen molar-refractivity contribution in [3.8, 4) is 5.75 Å². The van der Waals surface area contributed by atoms with Crippen LogP contribution in [0.5, 0.6) is 5.75 Å². The van der Waals surface area contributed by atoms with E-state index in [1.165, 1.54) is 54.7 Å². The smallest absolute Gasteiger partial charge is 0.343 e. The number of hydrogen-bond acceptors (Lipinski definition) is 7. The maximum atomic E-state index is 12.4. The van der Waals surface area contributed by atoms with Crippen molar-refractivity contribution < 1.29 is 24.0 Å². The van der Waals surface area contributed by atoms with Gasteiger partial charge in [0.15, 0.2) is 0 Å². The summed E-state index contributed by atoms with van der Waals surface area (Å²) in [5.41, 5.74) is 2.46. The highest BCUT2D eigenvalue weighted by Crippen LogP contribution is 2.25. The molecule has 0 aromatic heterocycles. The Hall–Kier alpha value is -4.28. The van der Waals surface area contributed by atoms with Gasteiger partial charge in [-0.05, 0) is 42.5 Å². The average Bonchev–Trinajstić information content (AvgIpc) is 2.82. The van der Waals surface area contributed by atoms with Crippen LogP contribution in [0.2, 0.25) is 10.0 Å². The zero-order valence-corrected chi connectivity index (χ0v) is 18.5. The van der Waals surface area contributed by atoms with Gasteiger partial charge in [-0.3, -0.25) is 19.7 Å². The number of nitro benzene ring substituents is 1. The third kappa shape index (κ3) is 6.37. The molecule has 0 heterocycles. The third-order valence-electron chi connectivity index (χ3n) is 4.19. The Labute approximate surface area is 202 Å². The molecule has 0 aliphatic heterocycles. The monoisotopic (exact) mass is 500 g/mol. The number of amides is 2. The Bertz CT molecular complexity index is 1290. The van der Waals surface area contributed by atoms with Gasteiger partial charge in [-0.1, -0.05) is 35.3 Å². The van der Waals surface area contributed by atoms with Crippen molar-refractivity contribution in [2.75, 3.05) is 5.32 Å². The molecule has 0 saturated carbocycles. The quantitative estimate of drug-likeness (QED) is 0.130. The van der Waals surface area contributed by atoms with Crippen LogP contribution in [0.15, 0.2) is 71.8 Å². The molecule has 172 valence electrons. The summed E-state index contributed by atoms with van der Waals surface area (Å²) < 4.78 is 5.32. The number of ether oxygens (including phenoxy) is 1. The molecule has 0 bridgehead atoms. The van der Waals surface area contributed by atoms with Crippen LogP contribution in [0.25, 0.3) is 0 Å². The molecular weight excluding hydrogens is 487 g/mol. The lowest BCUT2D eigenvalue weighted by Crippen LogP contribution is -2.32. The number of nitrogens with zero attached hydrogens (tertiary/aromatic N) is 2. The normalized spacial score (nSPS) is 10.5. The first kappa shape index (κ1) is 24.4. The fraction of sp³-hybridized carbons (Fsp3) is 0. The number of halogens is 2. The summed E-state index contributed by atoms with van der Waals surface area (Å²) >= 11 is 11.8. The van der Waals surface area contributed by atoms with Crippen molar-refractivity contribution in [1.82, 2.24) is 5.43 Å². The van der Waals surface area contributed by atoms with E-state index in [1.807, 2.05) is 0 Å². The van der Waals surface area contributed by atoms with Crippen molar-refractivity contribution in [3.63, 3.8) is 0 Å². The molecular formula is C22H14Cl2N4O6. The Balaban J connectivity index is 1.63. The number of nitrogens with one attached hydrogen (secondary N) is 2. The summed E-state index contributed by atoms with van der Waals surface area (Å²) in [6, 6.07) is 15.6. The lowest BCUT2D eigenvalue weighted by Gasteiger charge is -2.08. The van der Waals surface area contributed by atoms with Crippen LogP contribution >= 0.6 is 23.2 Å². The number of rotatable bonds is 6. The van der Waals surface area contributed by atoms with Crippen LogP contribution in [0.1, 0.15) is 15.9 Å². The van der Waals surface area contributed by atoms with E-state index in [9.17, 15) is 24.5 Å². The van der Waals surface area contributed by atoms with E-state index >= 15 is 0 Å². The van der Waals surface area contributed by atoms with E-state index in [-0.39, 0.29) is 27.7 Å². The predicted molar refractivity (Wildman–Crippen MR) is 125 cm³/mol. The van der Waals surface area contributed by atoms with Crippen LogP contribution in [0.4, 0.5) is 11.4 Å². The van der Waals surface area contributed by atoms with Gasteiger partial charge in [-0.25, -0.2) is 10.2 Å². The zero-order chi connectivity index (χ0) is 24.7. The van der Waals surface area contributed by atoms with Gasteiger partial charge >= 0.3 is 17.8 Å². The second-order valence-corrected chi connectivity index (χ2v) is 7.35. The molecule has 0 aliphatic rings. The van der Waals surface area contributed by atoms with Gasteiger partial charge < -0.3 is 10.1 Å². The predicted octanol–water partition coefficient (Wildman–Crippen LogP) is 4.21. The van der Waals surface area contributed by atoms with E-state index in [4.69, 9.17) is 27.9 Å². The number of anilines is 1. The van der Waals surface area contributed by atoms with E-state index in [2.05, 4.69) is 15.8 Å². The lowest BCUT2D eigenvalue weighted by atomic mass is 10.2. The molecule has 0 spiro atoms. The van der Waals surface area contributed by atoms with Gasteiger partial charge in [0.25, 0.3) is 5.69 Å². The van der Waals surface area contributed by atoms with Crippen molar-refractivity contribution in [1.29, 1.82) is 0 Å². The van der Waals surface area contributed by atoms with Crippen LogP contribution in [0, 0.1) is 10.1 Å². The Morgan fingerprint density at radius 3 is 2.38 bits per heavy atom. The average molecular weight is 501 g/mol. The minimum Gasteiger partial charge on any atom is -0.422 e. The SMILES string of the molecule is O=C(N/N=C/c1ccccc1OC(=O)c1ccc([N+](=O)[O-])cc1)C(=O)Nc1cc(Cl)ccc1Cl. The molecule has 2 amide bonds. The number of carbonyl (C=O) groups excluding carboxylic acids is 3. The van der Waals surface area contributed by atoms with E-state index < -0.39 is 22.7 Å². The molecule has 3 aromatic rings. The summed E-state index contributed by atoms with van der Waals surface area (Å²) in [7, 11) is 0. The fourth-order valence-corrected chi connectivity index (χ4v) is 2.88. The minimum atomic E-state index is -1.08.